The first-order valence-corrected chi connectivity index (χ1v) is 17.6. The number of hydrogen-bond acceptors (Lipinski definition) is 13. The molecule has 15 nitrogen and oxygen atoms in total. The maximum atomic E-state index is 14.4. The third-order valence-electron chi connectivity index (χ3n) is 8.38. The molecule has 1 aliphatic heterocycles. The van der Waals surface area contributed by atoms with Gasteiger partial charge in [-0.1, -0.05) is 38.5 Å². The van der Waals surface area contributed by atoms with Crippen molar-refractivity contribution in [3.63, 3.8) is 0 Å². The second-order valence-corrected chi connectivity index (χ2v) is 13.8. The number of nitrogens with zero attached hydrogens (tertiary/aromatic N) is 3. The summed E-state index contributed by atoms with van der Waals surface area (Å²) in [6, 6.07) is 10.6. The van der Waals surface area contributed by atoms with E-state index in [4.69, 9.17) is 33.7 Å². The van der Waals surface area contributed by atoms with Gasteiger partial charge in [0.15, 0.2) is 18.0 Å². The summed E-state index contributed by atoms with van der Waals surface area (Å²) in [4.78, 5) is 42.4. The van der Waals surface area contributed by atoms with E-state index in [0.717, 1.165) is 19.3 Å². The number of ether oxygens (including phenoxy) is 4. The first-order chi connectivity index (χ1) is 22.9. The van der Waals surface area contributed by atoms with Crippen molar-refractivity contribution < 1.29 is 46.9 Å². The van der Waals surface area contributed by atoms with Crippen LogP contribution in [0, 0.1) is 5.92 Å². The van der Waals surface area contributed by atoms with Crippen molar-refractivity contribution >= 4 is 37.0 Å². The molecule has 5 rings (SSSR count). The Balaban J connectivity index is 1.45. The van der Waals surface area contributed by atoms with Crippen molar-refractivity contribution in [3.05, 3.63) is 54.5 Å². The van der Waals surface area contributed by atoms with Crippen LogP contribution in [0.15, 0.2) is 48.8 Å². The third kappa shape index (κ3) is 7.97. The van der Waals surface area contributed by atoms with E-state index in [9.17, 15) is 18.9 Å². The zero-order valence-corrected chi connectivity index (χ0v) is 28.3. The zero-order valence-electron chi connectivity index (χ0n) is 27.4. The van der Waals surface area contributed by atoms with Gasteiger partial charge in [-0.25, -0.2) is 14.1 Å². The highest BCUT2D eigenvalue weighted by molar-refractivity contribution is 7.52. The van der Waals surface area contributed by atoms with Crippen molar-refractivity contribution in [1.29, 1.82) is 0 Å². The van der Waals surface area contributed by atoms with E-state index in [1.54, 1.807) is 63.2 Å². The smallest absolute Gasteiger partial charge is 0.459 e. The number of nitrogens with one attached hydrogen (secondary N) is 1. The molecule has 0 spiro atoms. The first-order valence-electron chi connectivity index (χ1n) is 16.0. The van der Waals surface area contributed by atoms with Crippen molar-refractivity contribution in [2.75, 3.05) is 18.9 Å². The van der Waals surface area contributed by atoms with Crippen LogP contribution in [0.25, 0.3) is 5.52 Å². The van der Waals surface area contributed by atoms with E-state index >= 15 is 0 Å². The number of rotatable bonds is 15. The highest BCUT2D eigenvalue weighted by Crippen LogP contribution is 2.50. The highest BCUT2D eigenvalue weighted by Gasteiger charge is 2.59. The summed E-state index contributed by atoms with van der Waals surface area (Å²) in [5, 5.41) is 6.98. The topological polar surface area (TPSA) is 192 Å². The van der Waals surface area contributed by atoms with Gasteiger partial charge in [-0.3, -0.25) is 18.9 Å². The van der Waals surface area contributed by atoms with Crippen molar-refractivity contribution in [2.24, 2.45) is 5.92 Å². The monoisotopic (exact) mass is 687 g/mol. The standard InChI is InChI=1S/C32H42N5O10P/c1-5-25(38)44-28-27(23-15-16-24-30(33)34-19-35-37(23)24)46-32(4,29(28)45-26(39)6-2)18-43-48(41,47-22-13-8-7-9-14-22)36-20(3)31(40)42-17-21-11-10-12-21/h7-9,13-16,19-21,27-29H,5-6,10-12,17-18H2,1-4H3,(H,36,41)(H2,33,34,35)/t20-,27-,28-,29-,32+,48?/m0/s1. The summed E-state index contributed by atoms with van der Waals surface area (Å²) in [7, 11) is -4.35. The molecule has 16 heteroatoms. The van der Waals surface area contributed by atoms with E-state index in [1.807, 2.05) is 0 Å². The van der Waals surface area contributed by atoms with E-state index in [2.05, 4.69) is 15.2 Å². The minimum Gasteiger partial charge on any atom is -0.464 e. The number of hydrogen-bond donors (Lipinski definition) is 2. The van der Waals surface area contributed by atoms with Gasteiger partial charge in [-0.15, -0.1) is 0 Å². The van der Waals surface area contributed by atoms with Crippen LogP contribution in [0.2, 0.25) is 0 Å². The van der Waals surface area contributed by atoms with E-state index in [0.29, 0.717) is 17.1 Å². The molecular formula is C32H42N5O10P. The molecule has 0 bridgehead atoms. The molecule has 3 aromatic rings. The predicted molar refractivity (Wildman–Crippen MR) is 171 cm³/mol. The molecule has 3 heterocycles. The van der Waals surface area contributed by atoms with Crippen LogP contribution in [0.4, 0.5) is 5.82 Å². The lowest BCUT2D eigenvalue weighted by atomic mass is 9.86. The molecule has 3 N–H and O–H groups in total. The van der Waals surface area contributed by atoms with Crippen LogP contribution in [0.5, 0.6) is 5.75 Å². The quantitative estimate of drug-likeness (QED) is 0.130. The van der Waals surface area contributed by atoms with Crippen LogP contribution in [0.3, 0.4) is 0 Å². The molecule has 48 heavy (non-hydrogen) atoms. The Bertz CT molecular complexity index is 1650. The van der Waals surface area contributed by atoms with Gasteiger partial charge in [0.05, 0.1) is 18.9 Å². The molecule has 1 unspecified atom stereocenters. The molecule has 1 saturated carbocycles. The second kappa shape index (κ2) is 15.0. The fourth-order valence-corrected chi connectivity index (χ4v) is 7.02. The molecule has 2 aliphatic rings. The van der Waals surface area contributed by atoms with E-state index < -0.39 is 62.2 Å². The summed E-state index contributed by atoms with van der Waals surface area (Å²) < 4.78 is 51.4. The van der Waals surface area contributed by atoms with E-state index in [-0.39, 0.29) is 31.0 Å². The normalized spacial score (nSPS) is 24.3. The number of para-hydroxylation sites is 1. The summed E-state index contributed by atoms with van der Waals surface area (Å²) >= 11 is 0. The van der Waals surface area contributed by atoms with Gasteiger partial charge in [-0.05, 0) is 56.9 Å². The van der Waals surface area contributed by atoms with Gasteiger partial charge in [0.1, 0.15) is 35.3 Å². The minimum absolute atomic E-state index is 0.0159. The maximum Gasteiger partial charge on any atom is 0.459 e. The predicted octanol–water partition coefficient (Wildman–Crippen LogP) is 4.31. The number of nitrogens with two attached hydrogens (primary N) is 1. The Kier molecular flexibility index (Phi) is 11.0. The van der Waals surface area contributed by atoms with Crippen LogP contribution in [0.1, 0.15) is 71.6 Å². The fraction of sp³-hybridized carbons (Fsp3) is 0.531. The largest absolute Gasteiger partial charge is 0.464 e. The number of aromatic nitrogens is 3. The van der Waals surface area contributed by atoms with Gasteiger partial charge in [0.2, 0.25) is 0 Å². The van der Waals surface area contributed by atoms with Crippen LogP contribution >= 0.6 is 7.75 Å². The number of esters is 3. The molecule has 1 aromatic carbocycles. The molecule has 2 fully saturated rings. The van der Waals surface area contributed by atoms with Crippen molar-refractivity contribution in [3.8, 4) is 5.75 Å². The molecule has 260 valence electrons. The second-order valence-electron chi connectivity index (χ2n) is 12.1. The Hall–Kier alpha value is -4.04. The molecule has 2 aromatic heterocycles. The zero-order chi connectivity index (χ0) is 34.5. The lowest BCUT2D eigenvalue weighted by Gasteiger charge is -2.32. The first kappa shape index (κ1) is 35.3. The highest BCUT2D eigenvalue weighted by atomic mass is 31.2. The molecule has 1 saturated heterocycles. The number of carbonyl (C=O) groups is 3. The summed E-state index contributed by atoms with van der Waals surface area (Å²) in [6.45, 7) is 6.10. The van der Waals surface area contributed by atoms with Gasteiger partial charge >= 0.3 is 25.7 Å². The third-order valence-corrected chi connectivity index (χ3v) is 10.0. The van der Waals surface area contributed by atoms with Crippen LogP contribution in [-0.2, 0) is 42.4 Å². The SMILES string of the molecule is CCC(=O)O[C@H]1[C@H](c2ccc3c(N)ncnn23)O[C@](C)(COP(=O)(N[C@@H](C)C(=O)OCC2CCC2)Oc2ccccc2)[C@H]1OC(=O)CC. The summed E-state index contributed by atoms with van der Waals surface area (Å²) in [5.74, 6) is -1.05. The Morgan fingerprint density at radius 3 is 2.48 bits per heavy atom. The Morgan fingerprint density at radius 1 is 1.10 bits per heavy atom. The van der Waals surface area contributed by atoms with Gasteiger partial charge in [0.25, 0.3) is 0 Å². The number of carbonyl (C=O) groups excluding carboxylic acids is 3. The lowest BCUT2D eigenvalue weighted by molar-refractivity contribution is -0.171. The minimum atomic E-state index is -4.35. The van der Waals surface area contributed by atoms with E-state index in [1.165, 1.54) is 17.8 Å². The average Bonchev–Trinajstić information content (AvgIpc) is 3.59. The summed E-state index contributed by atoms with van der Waals surface area (Å²) in [6.07, 6.45) is 0.964. The number of anilines is 1. The number of benzene rings is 1. The molecule has 1 aliphatic carbocycles. The Morgan fingerprint density at radius 2 is 1.81 bits per heavy atom. The fourth-order valence-electron chi connectivity index (χ4n) is 5.44. The molecule has 6 atom stereocenters. The van der Waals surface area contributed by atoms with Crippen molar-refractivity contribution in [1.82, 2.24) is 19.7 Å². The molecule has 0 radical (unpaired) electrons. The average molecular weight is 688 g/mol. The van der Waals surface area contributed by atoms with Gasteiger partial charge < -0.3 is 29.2 Å². The molecule has 0 amide bonds. The van der Waals surface area contributed by atoms with Gasteiger partial charge in [0, 0.05) is 12.8 Å². The lowest BCUT2D eigenvalue weighted by Crippen LogP contribution is -2.48. The van der Waals surface area contributed by atoms with Crippen LogP contribution in [-0.4, -0.2) is 69.6 Å². The van der Waals surface area contributed by atoms with Crippen LogP contribution < -0.4 is 15.3 Å². The number of fused-ring (bicyclic) bond motifs is 1. The molecular weight excluding hydrogens is 645 g/mol. The van der Waals surface area contributed by atoms with Crippen molar-refractivity contribution in [2.45, 2.75) is 89.8 Å². The van der Waals surface area contributed by atoms with Gasteiger partial charge in [-0.2, -0.15) is 10.2 Å². The maximum absolute atomic E-state index is 14.4. The summed E-state index contributed by atoms with van der Waals surface area (Å²) in [5.41, 5.74) is 5.40. The Labute approximate surface area is 278 Å². The number of nitrogen functional groups attached to an aromatic ring is 1.